The number of carbonyl (C=O) groups is 1. The minimum absolute atomic E-state index is 0.0492. The summed E-state index contributed by atoms with van der Waals surface area (Å²) in [7, 11) is 0.386. The van der Waals surface area contributed by atoms with E-state index in [-0.39, 0.29) is 11.7 Å². The first-order valence-electron chi connectivity index (χ1n) is 6.00. The van der Waals surface area contributed by atoms with Gasteiger partial charge in [-0.25, -0.2) is 8.42 Å². The lowest BCUT2D eigenvalue weighted by molar-refractivity contribution is -0.146. The summed E-state index contributed by atoms with van der Waals surface area (Å²) in [5.74, 6) is -0.674. The van der Waals surface area contributed by atoms with E-state index in [9.17, 15) is 18.3 Å². The third-order valence-electron chi connectivity index (χ3n) is 3.47. The van der Waals surface area contributed by atoms with Crippen molar-refractivity contribution in [3.05, 3.63) is 0 Å². The van der Waals surface area contributed by atoms with Crippen LogP contribution in [0.3, 0.4) is 0 Å². The number of likely N-dealkylation sites (N-methyl/N-ethyl adjacent to an activating group) is 2. The normalized spacial score (nSPS) is 19.8. The topological polar surface area (TPSA) is 86.7 Å². The second-order valence-electron chi connectivity index (χ2n) is 5.17. The minimum atomic E-state index is -3.02. The molecule has 6 nitrogen and oxygen atoms in total. The van der Waals surface area contributed by atoms with E-state index in [1.807, 2.05) is 0 Å². The van der Waals surface area contributed by atoms with Gasteiger partial charge in [0, 0.05) is 19.3 Å². The Balaban J connectivity index is 2.63. The van der Waals surface area contributed by atoms with Gasteiger partial charge in [0.15, 0.2) is 0 Å². The predicted molar refractivity (Wildman–Crippen MR) is 69.4 cm³/mol. The van der Waals surface area contributed by atoms with E-state index in [1.54, 1.807) is 19.0 Å². The molecule has 1 unspecified atom stereocenters. The van der Waals surface area contributed by atoms with E-state index in [1.165, 1.54) is 6.26 Å². The molecule has 0 bridgehead atoms. The van der Waals surface area contributed by atoms with Gasteiger partial charge in [-0.3, -0.25) is 4.79 Å². The van der Waals surface area contributed by atoms with Gasteiger partial charge >= 0.3 is 5.97 Å². The van der Waals surface area contributed by atoms with Crippen molar-refractivity contribution < 1.29 is 18.3 Å². The lowest BCUT2D eigenvalue weighted by atomic mass is 9.93. The van der Waals surface area contributed by atoms with Gasteiger partial charge in [-0.2, -0.15) is 0 Å². The van der Waals surface area contributed by atoms with E-state index in [2.05, 4.69) is 5.32 Å². The van der Waals surface area contributed by atoms with Crippen LogP contribution in [0.2, 0.25) is 0 Å². The van der Waals surface area contributed by atoms with E-state index >= 15 is 0 Å². The molecule has 0 radical (unpaired) electrons. The van der Waals surface area contributed by atoms with Gasteiger partial charge < -0.3 is 15.3 Å². The van der Waals surface area contributed by atoms with Crippen LogP contribution in [0.15, 0.2) is 0 Å². The van der Waals surface area contributed by atoms with Crippen LogP contribution in [0, 0.1) is 5.92 Å². The second-order valence-corrected chi connectivity index (χ2v) is 7.43. The van der Waals surface area contributed by atoms with Crippen LogP contribution >= 0.6 is 0 Å². The van der Waals surface area contributed by atoms with Crippen LogP contribution in [0.1, 0.15) is 12.8 Å². The predicted octanol–water partition coefficient (Wildman–Crippen LogP) is -0.584. The SMILES string of the molecule is CNC(CN(C)CCS(C)(=O)=O)(C(=O)O)C1CC1. The maximum absolute atomic E-state index is 11.5. The summed E-state index contributed by atoms with van der Waals surface area (Å²) in [5.41, 5.74) is -0.952. The molecule has 1 atom stereocenters. The van der Waals surface area contributed by atoms with Crippen molar-refractivity contribution in [1.82, 2.24) is 10.2 Å². The molecule has 1 rings (SSSR count). The summed E-state index contributed by atoms with van der Waals surface area (Å²) in [6.45, 7) is 0.668. The number of carboxylic acids is 1. The van der Waals surface area contributed by atoms with Crippen molar-refractivity contribution in [2.24, 2.45) is 5.92 Å². The van der Waals surface area contributed by atoms with Gasteiger partial charge in [-0.15, -0.1) is 0 Å². The van der Waals surface area contributed by atoms with E-state index < -0.39 is 21.3 Å². The van der Waals surface area contributed by atoms with Crippen molar-refractivity contribution in [2.45, 2.75) is 18.4 Å². The number of rotatable bonds is 8. The first-order chi connectivity index (χ1) is 8.21. The monoisotopic (exact) mass is 278 g/mol. The second kappa shape index (κ2) is 5.54. The van der Waals surface area contributed by atoms with Gasteiger partial charge in [-0.1, -0.05) is 0 Å². The van der Waals surface area contributed by atoms with Crippen molar-refractivity contribution in [1.29, 1.82) is 0 Å². The molecule has 0 heterocycles. The summed E-state index contributed by atoms with van der Waals surface area (Å²) in [5, 5.41) is 12.3. The van der Waals surface area contributed by atoms with Crippen LogP contribution in [0.25, 0.3) is 0 Å². The Morgan fingerprint density at radius 2 is 2.06 bits per heavy atom. The fraction of sp³-hybridized carbons (Fsp3) is 0.909. The number of nitrogens with zero attached hydrogens (tertiary/aromatic N) is 1. The Kier molecular flexibility index (Phi) is 4.74. The molecule has 1 fully saturated rings. The highest BCUT2D eigenvalue weighted by molar-refractivity contribution is 7.90. The van der Waals surface area contributed by atoms with Crippen LogP contribution < -0.4 is 5.32 Å². The molecule has 106 valence electrons. The molecular formula is C11H22N2O4S. The summed E-state index contributed by atoms with van der Waals surface area (Å²) in [6, 6.07) is 0. The lowest BCUT2D eigenvalue weighted by Gasteiger charge is -2.33. The fourth-order valence-electron chi connectivity index (χ4n) is 2.16. The molecule has 0 amide bonds. The van der Waals surface area contributed by atoms with Crippen LogP contribution in [0.4, 0.5) is 0 Å². The van der Waals surface area contributed by atoms with Crippen molar-refractivity contribution in [3.8, 4) is 0 Å². The standard InChI is InChI=1S/C11H22N2O4S/c1-12-11(10(14)15,9-4-5-9)8-13(2)6-7-18(3,16)17/h9,12H,4-8H2,1-3H3,(H,14,15). The van der Waals surface area contributed by atoms with Crippen LogP contribution in [-0.2, 0) is 14.6 Å². The fourth-order valence-corrected chi connectivity index (χ4v) is 2.81. The molecule has 0 aromatic heterocycles. The summed E-state index contributed by atoms with van der Waals surface area (Å²) >= 11 is 0. The Morgan fingerprint density at radius 1 is 1.50 bits per heavy atom. The highest BCUT2D eigenvalue weighted by Gasteiger charge is 2.50. The van der Waals surface area contributed by atoms with E-state index in [0.717, 1.165) is 12.8 Å². The van der Waals surface area contributed by atoms with Crippen molar-refractivity contribution in [3.63, 3.8) is 0 Å². The molecule has 2 N–H and O–H groups in total. The first kappa shape index (κ1) is 15.4. The molecule has 18 heavy (non-hydrogen) atoms. The van der Waals surface area contributed by atoms with E-state index in [4.69, 9.17) is 0 Å². The number of nitrogens with one attached hydrogen (secondary N) is 1. The third-order valence-corrected chi connectivity index (χ3v) is 4.39. The molecular weight excluding hydrogens is 256 g/mol. The average Bonchev–Trinajstić information content (AvgIpc) is 3.05. The molecule has 0 aliphatic heterocycles. The highest BCUT2D eigenvalue weighted by atomic mass is 32.2. The molecule has 0 spiro atoms. The average molecular weight is 278 g/mol. The van der Waals surface area contributed by atoms with Gasteiger partial charge in [-0.05, 0) is 32.9 Å². The summed E-state index contributed by atoms with van der Waals surface area (Å²) in [6.07, 6.45) is 3.00. The maximum atomic E-state index is 11.5. The molecule has 0 aromatic rings. The Morgan fingerprint density at radius 3 is 2.39 bits per heavy atom. The van der Waals surface area contributed by atoms with Gasteiger partial charge in [0.2, 0.25) is 0 Å². The summed E-state index contributed by atoms with van der Waals surface area (Å²) in [4.78, 5) is 13.2. The Labute approximate surface area is 108 Å². The number of hydrogen-bond donors (Lipinski definition) is 2. The molecule has 1 saturated carbocycles. The number of sulfone groups is 1. The van der Waals surface area contributed by atoms with Crippen molar-refractivity contribution >= 4 is 15.8 Å². The molecule has 0 aromatic carbocycles. The Bertz CT molecular complexity index is 405. The zero-order valence-electron chi connectivity index (χ0n) is 11.1. The number of aliphatic carboxylic acids is 1. The molecule has 0 saturated heterocycles. The third kappa shape index (κ3) is 3.93. The summed E-state index contributed by atoms with van der Waals surface area (Å²) < 4.78 is 22.2. The smallest absolute Gasteiger partial charge is 0.325 e. The highest BCUT2D eigenvalue weighted by Crippen LogP contribution is 2.40. The van der Waals surface area contributed by atoms with Gasteiger partial charge in [0.1, 0.15) is 15.4 Å². The van der Waals surface area contributed by atoms with Gasteiger partial charge in [0.05, 0.1) is 5.75 Å². The molecule has 1 aliphatic rings. The largest absolute Gasteiger partial charge is 0.480 e. The van der Waals surface area contributed by atoms with Gasteiger partial charge in [0.25, 0.3) is 0 Å². The molecule has 7 heteroatoms. The first-order valence-corrected chi connectivity index (χ1v) is 8.06. The lowest BCUT2D eigenvalue weighted by Crippen LogP contribution is -2.59. The Hall–Kier alpha value is -0.660. The van der Waals surface area contributed by atoms with Crippen LogP contribution in [0.5, 0.6) is 0 Å². The quantitative estimate of drug-likeness (QED) is 0.617. The van der Waals surface area contributed by atoms with E-state index in [0.29, 0.717) is 13.1 Å². The molecule has 1 aliphatic carbocycles. The number of carboxylic acid groups (broad SMARTS) is 1. The number of hydrogen-bond acceptors (Lipinski definition) is 5. The zero-order valence-corrected chi connectivity index (χ0v) is 12.0. The maximum Gasteiger partial charge on any atom is 0.325 e. The van der Waals surface area contributed by atoms with Crippen molar-refractivity contribution in [2.75, 3.05) is 39.2 Å². The van der Waals surface area contributed by atoms with Crippen LogP contribution in [-0.4, -0.2) is 69.1 Å². The zero-order chi connectivity index (χ0) is 14.0. The minimum Gasteiger partial charge on any atom is -0.480 e.